The first-order valence-corrected chi connectivity index (χ1v) is 9.89. The Bertz CT molecular complexity index is 1030. The van der Waals surface area contributed by atoms with Crippen LogP contribution in [0.25, 0.3) is 11.1 Å². The highest BCUT2D eigenvalue weighted by Crippen LogP contribution is 2.31. The monoisotopic (exact) mass is 387 g/mol. The number of fused-ring (bicyclic) bond motifs is 1. The average Bonchev–Trinajstić information content (AvgIpc) is 3.06. The zero-order valence-electron chi connectivity index (χ0n) is 17.0. The summed E-state index contributed by atoms with van der Waals surface area (Å²) in [5.74, 6) is 0.0941. The zero-order chi connectivity index (χ0) is 20.5. The van der Waals surface area contributed by atoms with Crippen molar-refractivity contribution in [2.24, 2.45) is 4.99 Å². The van der Waals surface area contributed by atoms with E-state index in [1.54, 1.807) is 12.1 Å². The second-order valence-electron chi connectivity index (χ2n) is 7.52. The minimum Gasteiger partial charge on any atom is -0.478 e. The number of aromatic carboxylic acids is 1. The smallest absolute Gasteiger partial charge is 0.336 e. The number of hydrazine groups is 1. The molecular weight excluding hydrogens is 362 g/mol. The number of carbonyl (C=O) groups is 1. The van der Waals surface area contributed by atoms with Crippen LogP contribution in [-0.2, 0) is 6.42 Å². The molecule has 0 aromatic heterocycles. The number of carboxylic acids is 1. The van der Waals surface area contributed by atoms with Gasteiger partial charge in [-0.1, -0.05) is 49.4 Å². The maximum absolute atomic E-state index is 11.5. The van der Waals surface area contributed by atoms with Crippen LogP contribution in [-0.4, -0.2) is 39.9 Å². The van der Waals surface area contributed by atoms with Crippen molar-refractivity contribution in [2.45, 2.75) is 32.7 Å². The van der Waals surface area contributed by atoms with Gasteiger partial charge in [0.1, 0.15) is 5.82 Å². The van der Waals surface area contributed by atoms with Crippen molar-refractivity contribution in [1.29, 1.82) is 0 Å². The van der Waals surface area contributed by atoms with Gasteiger partial charge in [0.2, 0.25) is 0 Å². The van der Waals surface area contributed by atoms with Gasteiger partial charge in [0.15, 0.2) is 0 Å². The van der Waals surface area contributed by atoms with E-state index in [1.165, 1.54) is 16.8 Å². The fourth-order valence-corrected chi connectivity index (χ4v) is 4.14. The summed E-state index contributed by atoms with van der Waals surface area (Å²) in [6.07, 6.45) is 6.01. The van der Waals surface area contributed by atoms with Crippen molar-refractivity contribution in [3.8, 4) is 11.1 Å². The van der Waals surface area contributed by atoms with Crippen LogP contribution in [0.1, 0.15) is 36.2 Å². The summed E-state index contributed by atoms with van der Waals surface area (Å²) in [5, 5.41) is 13.8. The minimum atomic E-state index is -0.907. The molecule has 0 fully saturated rings. The Morgan fingerprint density at radius 2 is 1.86 bits per heavy atom. The summed E-state index contributed by atoms with van der Waals surface area (Å²) < 4.78 is 0. The highest BCUT2D eigenvalue weighted by atomic mass is 16.4. The molecule has 29 heavy (non-hydrogen) atoms. The second-order valence-corrected chi connectivity index (χ2v) is 7.52. The molecule has 4 rings (SSSR count). The average molecular weight is 387 g/mol. The van der Waals surface area contributed by atoms with Crippen LogP contribution in [0.4, 0.5) is 0 Å². The molecule has 2 aromatic rings. The summed E-state index contributed by atoms with van der Waals surface area (Å²) in [6.45, 7) is 4.24. The van der Waals surface area contributed by atoms with Gasteiger partial charge in [0, 0.05) is 25.4 Å². The Hall–Kier alpha value is -3.34. The summed E-state index contributed by atoms with van der Waals surface area (Å²) in [7, 11) is 2.06. The Morgan fingerprint density at radius 1 is 1.14 bits per heavy atom. The maximum Gasteiger partial charge on any atom is 0.336 e. The highest BCUT2D eigenvalue weighted by Gasteiger charge is 2.34. The Kier molecular flexibility index (Phi) is 4.97. The molecule has 2 aliphatic rings. The van der Waals surface area contributed by atoms with E-state index in [0.29, 0.717) is 5.56 Å². The second kappa shape index (κ2) is 7.59. The molecule has 0 saturated carbocycles. The largest absolute Gasteiger partial charge is 0.478 e. The van der Waals surface area contributed by atoms with Crippen LogP contribution >= 0.6 is 0 Å². The molecule has 0 bridgehead atoms. The van der Waals surface area contributed by atoms with Crippen molar-refractivity contribution in [3.63, 3.8) is 0 Å². The Morgan fingerprint density at radius 3 is 2.55 bits per heavy atom. The van der Waals surface area contributed by atoms with Crippen molar-refractivity contribution in [2.75, 3.05) is 7.05 Å². The topological polar surface area (TPSA) is 56.1 Å². The first kappa shape index (κ1) is 19.0. The number of hydrogen-bond acceptors (Lipinski definition) is 4. The summed E-state index contributed by atoms with van der Waals surface area (Å²) in [6, 6.07) is 15.5. The number of hydrogen-bond donors (Lipinski definition) is 1. The maximum atomic E-state index is 11.5. The molecule has 148 valence electrons. The fourth-order valence-electron chi connectivity index (χ4n) is 4.14. The van der Waals surface area contributed by atoms with Crippen molar-refractivity contribution in [1.82, 2.24) is 10.0 Å². The van der Waals surface area contributed by atoms with Gasteiger partial charge in [-0.15, -0.1) is 0 Å². The van der Waals surface area contributed by atoms with Gasteiger partial charge in [-0.05, 0) is 47.8 Å². The number of rotatable bonds is 5. The molecule has 1 atom stereocenters. The van der Waals surface area contributed by atoms with Crippen LogP contribution in [0.5, 0.6) is 0 Å². The van der Waals surface area contributed by atoms with E-state index in [1.807, 2.05) is 24.3 Å². The molecule has 2 heterocycles. The lowest BCUT2D eigenvalue weighted by Crippen LogP contribution is -2.45. The van der Waals surface area contributed by atoms with Crippen LogP contribution in [0, 0.1) is 0 Å². The van der Waals surface area contributed by atoms with E-state index in [4.69, 9.17) is 4.99 Å². The molecule has 2 aromatic carbocycles. The highest BCUT2D eigenvalue weighted by molar-refractivity contribution is 5.96. The fraction of sp³-hybridized carbons (Fsp3) is 0.250. The van der Waals surface area contributed by atoms with E-state index in [0.717, 1.165) is 29.8 Å². The summed E-state index contributed by atoms with van der Waals surface area (Å²) in [5.41, 5.74) is 5.56. The van der Waals surface area contributed by atoms with E-state index >= 15 is 0 Å². The first-order valence-electron chi connectivity index (χ1n) is 9.89. The Balaban J connectivity index is 1.59. The third-order valence-electron chi connectivity index (χ3n) is 5.47. The normalized spacial score (nSPS) is 18.2. The van der Waals surface area contributed by atoms with E-state index in [2.05, 4.69) is 55.3 Å². The molecule has 2 aliphatic heterocycles. The van der Waals surface area contributed by atoms with Gasteiger partial charge < -0.3 is 5.11 Å². The predicted octanol–water partition coefficient (Wildman–Crippen LogP) is 4.74. The lowest BCUT2D eigenvalue weighted by Gasteiger charge is -2.37. The number of aliphatic imine (C=N–C) groups is 1. The molecule has 5 heteroatoms. The quantitative estimate of drug-likeness (QED) is 0.805. The number of nitrogens with zero attached hydrogens (tertiary/aromatic N) is 3. The molecule has 0 saturated heterocycles. The molecule has 1 unspecified atom stereocenters. The molecule has 1 N–H and O–H groups in total. The SMILES string of the molecule is CCC1=NC2=CC(C)=CN(C)N2C1Cc1ccc(-c2ccccc2C(=O)O)cc1. The van der Waals surface area contributed by atoms with Crippen molar-refractivity contribution < 1.29 is 9.90 Å². The van der Waals surface area contributed by atoms with Gasteiger partial charge in [-0.25, -0.2) is 9.79 Å². The predicted molar refractivity (Wildman–Crippen MR) is 115 cm³/mol. The van der Waals surface area contributed by atoms with Crippen LogP contribution in [0.2, 0.25) is 0 Å². The molecule has 0 amide bonds. The molecule has 0 spiro atoms. The van der Waals surface area contributed by atoms with Gasteiger partial charge in [-0.2, -0.15) is 0 Å². The summed E-state index contributed by atoms with van der Waals surface area (Å²) >= 11 is 0. The zero-order valence-corrected chi connectivity index (χ0v) is 17.0. The minimum absolute atomic E-state index is 0.192. The van der Waals surface area contributed by atoms with Gasteiger partial charge in [-0.3, -0.25) is 10.0 Å². The van der Waals surface area contributed by atoms with Crippen molar-refractivity contribution >= 4 is 11.7 Å². The third-order valence-corrected chi connectivity index (χ3v) is 5.47. The lowest BCUT2D eigenvalue weighted by atomic mass is 9.96. The van der Waals surface area contributed by atoms with Gasteiger partial charge >= 0.3 is 5.97 Å². The molecule has 0 aliphatic carbocycles. The summed E-state index contributed by atoms with van der Waals surface area (Å²) in [4.78, 5) is 16.4. The Labute approximate surface area is 171 Å². The first-order chi connectivity index (χ1) is 14.0. The van der Waals surface area contributed by atoms with Crippen LogP contribution in [0.15, 0.2) is 77.2 Å². The molecule has 0 radical (unpaired) electrons. The standard InChI is InChI=1S/C24H25N3O2/c1-4-21-22(27-23(25-21)13-16(2)15-26(27)3)14-17-9-11-18(12-10-17)19-7-5-6-8-20(19)24(28)29/h5-13,15,22H,4,14H2,1-3H3,(H,28,29). The number of allylic oxidation sites excluding steroid dienone is 2. The molecular formula is C24H25N3O2. The van der Waals surface area contributed by atoms with Crippen molar-refractivity contribution in [3.05, 3.63) is 83.3 Å². The van der Waals surface area contributed by atoms with Crippen LogP contribution in [0.3, 0.4) is 0 Å². The lowest BCUT2D eigenvalue weighted by molar-refractivity contribution is 0.0697. The van der Waals surface area contributed by atoms with E-state index < -0.39 is 5.97 Å². The van der Waals surface area contributed by atoms with E-state index in [-0.39, 0.29) is 6.04 Å². The molecule has 5 nitrogen and oxygen atoms in total. The van der Waals surface area contributed by atoms with Crippen LogP contribution < -0.4 is 0 Å². The number of carboxylic acid groups (broad SMARTS) is 1. The van der Waals surface area contributed by atoms with Gasteiger partial charge in [0.05, 0.1) is 11.6 Å². The third kappa shape index (κ3) is 3.56. The van der Waals surface area contributed by atoms with E-state index in [9.17, 15) is 9.90 Å². The van der Waals surface area contributed by atoms with Gasteiger partial charge in [0.25, 0.3) is 0 Å². The number of benzene rings is 2.